The van der Waals surface area contributed by atoms with Crippen molar-refractivity contribution in [3.63, 3.8) is 0 Å². The fourth-order valence-electron chi connectivity index (χ4n) is 0.733. The summed E-state index contributed by atoms with van der Waals surface area (Å²) in [7, 11) is 0. The fourth-order valence-corrected chi connectivity index (χ4v) is 0.733. The summed E-state index contributed by atoms with van der Waals surface area (Å²) in [6, 6.07) is 1.11. The van der Waals surface area contributed by atoms with E-state index in [1.165, 1.54) is 0 Å². The Bertz CT molecular complexity index is 294. The van der Waals surface area contributed by atoms with E-state index >= 15 is 0 Å². The number of carbonyl (C=O) groups excluding carboxylic acids is 1. The molecule has 1 heterocycles. The van der Waals surface area contributed by atoms with Gasteiger partial charge in [-0.05, 0) is 6.07 Å². The first-order valence-corrected chi connectivity index (χ1v) is 3.58. The maximum Gasteiger partial charge on any atom is 0.323 e. The molecule has 0 aliphatic rings. The lowest BCUT2D eigenvalue weighted by Crippen LogP contribution is -2.32. The van der Waals surface area contributed by atoms with Crippen molar-refractivity contribution in [3.05, 3.63) is 18.5 Å². The maximum atomic E-state index is 10.9. The van der Waals surface area contributed by atoms with E-state index in [0.29, 0.717) is 5.69 Å². The van der Waals surface area contributed by atoms with E-state index in [4.69, 9.17) is 5.11 Å². The summed E-state index contributed by atoms with van der Waals surface area (Å²) in [6.45, 7) is -0.393. The molecule has 0 saturated carbocycles. The standard InChI is InChI=1S/C7H9N3O3/c11-6(12)4-9-7(13)10-5-1-2-8-3-5/h1-3,8H,4H2,(H,11,12)(H2,9,10,13). The Balaban J connectivity index is 2.30. The van der Waals surface area contributed by atoms with Gasteiger partial charge >= 0.3 is 12.0 Å². The molecule has 0 fully saturated rings. The van der Waals surface area contributed by atoms with Crippen molar-refractivity contribution in [1.29, 1.82) is 0 Å². The van der Waals surface area contributed by atoms with E-state index in [2.05, 4.69) is 15.6 Å². The van der Waals surface area contributed by atoms with Crippen LogP contribution < -0.4 is 10.6 Å². The number of aliphatic carboxylic acids is 1. The lowest BCUT2D eigenvalue weighted by molar-refractivity contribution is -0.135. The number of carboxylic acid groups (broad SMARTS) is 1. The number of hydrogen-bond acceptors (Lipinski definition) is 2. The van der Waals surface area contributed by atoms with Crippen molar-refractivity contribution in [2.45, 2.75) is 0 Å². The Morgan fingerprint density at radius 1 is 1.54 bits per heavy atom. The van der Waals surface area contributed by atoms with Crippen LogP contribution in [0.1, 0.15) is 0 Å². The Labute approximate surface area is 74.0 Å². The van der Waals surface area contributed by atoms with Gasteiger partial charge in [-0.3, -0.25) is 4.79 Å². The number of aromatic amines is 1. The molecule has 0 atom stereocenters. The first kappa shape index (κ1) is 9.11. The van der Waals surface area contributed by atoms with Crippen LogP contribution in [0.5, 0.6) is 0 Å². The Morgan fingerprint density at radius 2 is 2.31 bits per heavy atom. The van der Waals surface area contributed by atoms with E-state index in [1.54, 1.807) is 18.5 Å². The predicted octanol–water partition coefficient (Wildman–Crippen LogP) is 0.221. The summed E-state index contributed by atoms with van der Waals surface area (Å²) in [5.41, 5.74) is 0.586. The minimum Gasteiger partial charge on any atom is -0.480 e. The molecule has 6 nitrogen and oxygen atoms in total. The molecule has 0 bridgehead atoms. The Morgan fingerprint density at radius 3 is 2.85 bits per heavy atom. The van der Waals surface area contributed by atoms with Gasteiger partial charge in [0.05, 0.1) is 5.69 Å². The van der Waals surface area contributed by atoms with Crippen LogP contribution in [0.2, 0.25) is 0 Å². The summed E-state index contributed by atoms with van der Waals surface area (Å²) in [6.07, 6.45) is 3.23. The highest BCUT2D eigenvalue weighted by Gasteiger charge is 2.02. The second-order valence-electron chi connectivity index (χ2n) is 2.30. The fraction of sp³-hybridized carbons (Fsp3) is 0.143. The summed E-state index contributed by atoms with van der Waals surface area (Å²) in [5.74, 6) is -1.08. The van der Waals surface area contributed by atoms with E-state index in [1.807, 2.05) is 0 Å². The smallest absolute Gasteiger partial charge is 0.323 e. The molecule has 4 N–H and O–H groups in total. The molecule has 0 saturated heterocycles. The average molecular weight is 183 g/mol. The van der Waals surface area contributed by atoms with Gasteiger partial charge in [-0.15, -0.1) is 0 Å². The first-order chi connectivity index (χ1) is 6.18. The molecular formula is C7H9N3O3. The molecular weight excluding hydrogens is 174 g/mol. The third-order valence-corrected chi connectivity index (χ3v) is 1.26. The van der Waals surface area contributed by atoms with Crippen molar-refractivity contribution >= 4 is 17.7 Å². The van der Waals surface area contributed by atoms with E-state index in [0.717, 1.165) is 0 Å². The zero-order valence-corrected chi connectivity index (χ0v) is 6.70. The molecule has 70 valence electrons. The van der Waals surface area contributed by atoms with Gasteiger partial charge in [-0.1, -0.05) is 0 Å². The molecule has 0 aliphatic heterocycles. The van der Waals surface area contributed by atoms with Crippen molar-refractivity contribution in [3.8, 4) is 0 Å². The molecule has 13 heavy (non-hydrogen) atoms. The van der Waals surface area contributed by atoms with Crippen LogP contribution in [0.3, 0.4) is 0 Å². The monoisotopic (exact) mass is 183 g/mol. The molecule has 6 heteroatoms. The SMILES string of the molecule is O=C(O)CNC(=O)Nc1cc[nH]c1. The van der Waals surface area contributed by atoms with E-state index in [9.17, 15) is 9.59 Å². The quantitative estimate of drug-likeness (QED) is 0.540. The molecule has 0 unspecified atom stereocenters. The number of hydrogen-bond donors (Lipinski definition) is 4. The van der Waals surface area contributed by atoms with Crippen LogP contribution in [0.25, 0.3) is 0 Å². The number of anilines is 1. The largest absolute Gasteiger partial charge is 0.480 e. The van der Waals surface area contributed by atoms with Crippen molar-refractivity contribution in [1.82, 2.24) is 10.3 Å². The summed E-state index contributed by atoms with van der Waals surface area (Å²) < 4.78 is 0. The molecule has 0 spiro atoms. The molecule has 1 rings (SSSR count). The highest BCUT2D eigenvalue weighted by Crippen LogP contribution is 2.02. The number of urea groups is 1. The number of nitrogens with one attached hydrogen (secondary N) is 3. The van der Waals surface area contributed by atoms with Crippen molar-refractivity contribution in [2.24, 2.45) is 0 Å². The van der Waals surface area contributed by atoms with Gasteiger partial charge in [0, 0.05) is 12.4 Å². The van der Waals surface area contributed by atoms with Gasteiger partial charge < -0.3 is 20.7 Å². The van der Waals surface area contributed by atoms with Gasteiger partial charge in [0.15, 0.2) is 0 Å². The van der Waals surface area contributed by atoms with Gasteiger partial charge in [-0.2, -0.15) is 0 Å². The van der Waals surface area contributed by atoms with Gasteiger partial charge in [0.2, 0.25) is 0 Å². The molecule has 0 aromatic carbocycles. The molecule has 1 aromatic heterocycles. The first-order valence-electron chi connectivity index (χ1n) is 3.58. The normalized spacial score (nSPS) is 9.23. The Kier molecular flexibility index (Phi) is 2.91. The highest BCUT2D eigenvalue weighted by molar-refractivity contribution is 5.90. The number of amides is 2. The van der Waals surface area contributed by atoms with Crippen LogP contribution in [0, 0.1) is 0 Å². The molecule has 1 aromatic rings. The molecule has 0 radical (unpaired) electrons. The van der Waals surface area contributed by atoms with Gasteiger partial charge in [0.1, 0.15) is 6.54 Å². The Hall–Kier alpha value is -1.98. The average Bonchev–Trinajstić information content (AvgIpc) is 2.53. The summed E-state index contributed by atoms with van der Waals surface area (Å²) >= 11 is 0. The molecule has 2 amide bonds. The minimum atomic E-state index is -1.08. The summed E-state index contributed by atoms with van der Waals surface area (Å²) in [4.78, 5) is 23.7. The molecule has 0 aliphatic carbocycles. The number of carboxylic acids is 1. The van der Waals surface area contributed by atoms with Gasteiger partial charge in [-0.25, -0.2) is 4.79 Å². The van der Waals surface area contributed by atoms with Crippen LogP contribution >= 0.6 is 0 Å². The number of H-pyrrole nitrogens is 1. The predicted molar refractivity (Wildman–Crippen MR) is 45.4 cm³/mol. The zero-order valence-electron chi connectivity index (χ0n) is 6.70. The lowest BCUT2D eigenvalue weighted by atomic mass is 10.5. The zero-order chi connectivity index (χ0) is 9.68. The second kappa shape index (κ2) is 4.15. The van der Waals surface area contributed by atoms with Crippen LogP contribution in [-0.4, -0.2) is 28.6 Å². The van der Waals surface area contributed by atoms with Crippen LogP contribution in [0.15, 0.2) is 18.5 Å². The minimum absolute atomic E-state index is 0.393. The van der Waals surface area contributed by atoms with Gasteiger partial charge in [0.25, 0.3) is 0 Å². The van der Waals surface area contributed by atoms with Crippen molar-refractivity contribution in [2.75, 3.05) is 11.9 Å². The van der Waals surface area contributed by atoms with E-state index < -0.39 is 18.5 Å². The number of rotatable bonds is 3. The summed E-state index contributed by atoms with van der Waals surface area (Å²) in [5, 5.41) is 12.8. The maximum absolute atomic E-state index is 10.9. The van der Waals surface area contributed by atoms with Crippen LogP contribution in [0.4, 0.5) is 10.5 Å². The third kappa shape index (κ3) is 3.28. The van der Waals surface area contributed by atoms with Crippen molar-refractivity contribution < 1.29 is 14.7 Å². The third-order valence-electron chi connectivity index (χ3n) is 1.26. The number of carbonyl (C=O) groups is 2. The lowest BCUT2D eigenvalue weighted by Gasteiger charge is -2.02. The van der Waals surface area contributed by atoms with Crippen LogP contribution in [-0.2, 0) is 4.79 Å². The number of aromatic nitrogens is 1. The topological polar surface area (TPSA) is 94.2 Å². The second-order valence-corrected chi connectivity index (χ2v) is 2.30. The highest BCUT2D eigenvalue weighted by atomic mass is 16.4. The van der Waals surface area contributed by atoms with E-state index in [-0.39, 0.29) is 0 Å².